The van der Waals surface area contributed by atoms with Gasteiger partial charge in [-0.2, -0.15) is 12.6 Å². The molecule has 0 saturated heterocycles. The van der Waals surface area contributed by atoms with E-state index in [4.69, 9.17) is 10.5 Å². The molecule has 0 heterocycles. The summed E-state index contributed by atoms with van der Waals surface area (Å²) in [6.45, 7) is 2.56. The van der Waals surface area contributed by atoms with Crippen LogP contribution < -0.4 is 10.5 Å². The van der Waals surface area contributed by atoms with Crippen molar-refractivity contribution in [2.24, 2.45) is 5.73 Å². The third-order valence-corrected chi connectivity index (χ3v) is 2.54. The average molecular weight is 197 g/mol. The fourth-order valence-electron chi connectivity index (χ4n) is 1.24. The summed E-state index contributed by atoms with van der Waals surface area (Å²) >= 11 is 4.36. The second kappa shape index (κ2) is 4.53. The molecule has 2 nitrogen and oxygen atoms in total. The number of aryl methyl sites for hydroxylation is 1. The summed E-state index contributed by atoms with van der Waals surface area (Å²) in [6.07, 6.45) is 0. The van der Waals surface area contributed by atoms with Crippen LogP contribution in [0.1, 0.15) is 16.4 Å². The van der Waals surface area contributed by atoms with Gasteiger partial charge in [0.1, 0.15) is 5.75 Å². The van der Waals surface area contributed by atoms with Crippen LogP contribution in [0.4, 0.5) is 0 Å². The number of benzene rings is 1. The van der Waals surface area contributed by atoms with Crippen LogP contribution in [-0.2, 0) is 0 Å². The van der Waals surface area contributed by atoms with E-state index in [2.05, 4.69) is 18.7 Å². The number of hydrogen-bond donors (Lipinski definition) is 2. The molecule has 3 heteroatoms. The van der Waals surface area contributed by atoms with Gasteiger partial charge in [-0.05, 0) is 24.1 Å². The van der Waals surface area contributed by atoms with Gasteiger partial charge in [-0.1, -0.05) is 12.1 Å². The zero-order valence-electron chi connectivity index (χ0n) is 7.95. The van der Waals surface area contributed by atoms with Crippen molar-refractivity contribution in [3.63, 3.8) is 0 Å². The number of ether oxygens (including phenoxy) is 1. The van der Waals surface area contributed by atoms with Crippen molar-refractivity contribution in [1.82, 2.24) is 0 Å². The topological polar surface area (TPSA) is 35.2 Å². The fraction of sp³-hybridized carbons (Fsp3) is 0.400. The van der Waals surface area contributed by atoms with Crippen molar-refractivity contribution in [3.05, 3.63) is 29.3 Å². The van der Waals surface area contributed by atoms with Crippen LogP contribution in [0.25, 0.3) is 0 Å². The Morgan fingerprint density at radius 3 is 2.69 bits per heavy atom. The summed E-state index contributed by atoms with van der Waals surface area (Å²) in [5.41, 5.74) is 7.78. The molecule has 0 saturated carbocycles. The van der Waals surface area contributed by atoms with Crippen LogP contribution in [0.5, 0.6) is 5.75 Å². The Morgan fingerprint density at radius 2 is 2.23 bits per heavy atom. The molecule has 1 rings (SSSR count). The minimum Gasteiger partial charge on any atom is -0.496 e. The monoisotopic (exact) mass is 197 g/mol. The largest absolute Gasteiger partial charge is 0.496 e. The van der Waals surface area contributed by atoms with Crippen molar-refractivity contribution < 1.29 is 4.74 Å². The summed E-state index contributed by atoms with van der Waals surface area (Å²) in [6, 6.07) is 6.00. The van der Waals surface area contributed by atoms with E-state index in [1.54, 1.807) is 7.11 Å². The second-order valence-electron chi connectivity index (χ2n) is 2.98. The summed E-state index contributed by atoms with van der Waals surface area (Å²) in [7, 11) is 1.67. The van der Waals surface area contributed by atoms with Crippen LogP contribution >= 0.6 is 12.6 Å². The molecule has 72 valence electrons. The van der Waals surface area contributed by atoms with Gasteiger partial charge in [-0.25, -0.2) is 0 Å². The lowest BCUT2D eigenvalue weighted by molar-refractivity contribution is 0.411. The third kappa shape index (κ3) is 2.39. The number of hydrogen-bond acceptors (Lipinski definition) is 3. The molecule has 2 N–H and O–H groups in total. The molecule has 1 aromatic rings. The van der Waals surface area contributed by atoms with E-state index in [0.29, 0.717) is 6.54 Å². The molecule has 0 amide bonds. The van der Waals surface area contributed by atoms with Crippen molar-refractivity contribution in [2.45, 2.75) is 12.2 Å². The van der Waals surface area contributed by atoms with Crippen molar-refractivity contribution in [1.29, 1.82) is 0 Å². The van der Waals surface area contributed by atoms with Crippen molar-refractivity contribution >= 4 is 12.6 Å². The summed E-state index contributed by atoms with van der Waals surface area (Å²) < 4.78 is 5.16. The number of methoxy groups -OCH3 is 1. The van der Waals surface area contributed by atoms with Crippen LogP contribution in [0.2, 0.25) is 0 Å². The number of rotatable bonds is 3. The summed E-state index contributed by atoms with van der Waals surface area (Å²) in [5, 5.41) is 0.115. The highest BCUT2D eigenvalue weighted by atomic mass is 32.1. The number of nitrogens with two attached hydrogens (primary N) is 1. The van der Waals surface area contributed by atoms with Gasteiger partial charge in [0.05, 0.1) is 7.11 Å². The maximum Gasteiger partial charge on any atom is 0.121 e. The van der Waals surface area contributed by atoms with E-state index in [1.165, 1.54) is 0 Å². The first-order valence-corrected chi connectivity index (χ1v) is 4.73. The maximum absolute atomic E-state index is 5.52. The second-order valence-corrected chi connectivity index (χ2v) is 3.60. The van der Waals surface area contributed by atoms with Gasteiger partial charge in [0.15, 0.2) is 0 Å². The van der Waals surface area contributed by atoms with Crippen molar-refractivity contribution in [3.8, 4) is 5.75 Å². The Kier molecular flexibility index (Phi) is 3.63. The molecule has 0 bridgehead atoms. The molecule has 0 fully saturated rings. The van der Waals surface area contributed by atoms with Gasteiger partial charge in [0.25, 0.3) is 0 Å². The lowest BCUT2D eigenvalue weighted by Crippen LogP contribution is -2.07. The number of thiol groups is 1. The van der Waals surface area contributed by atoms with E-state index in [1.807, 2.05) is 19.1 Å². The predicted molar refractivity (Wildman–Crippen MR) is 58.5 cm³/mol. The smallest absolute Gasteiger partial charge is 0.121 e. The normalized spacial score (nSPS) is 12.6. The lowest BCUT2D eigenvalue weighted by Gasteiger charge is -2.11. The molecule has 13 heavy (non-hydrogen) atoms. The molecule has 0 aliphatic rings. The van der Waals surface area contributed by atoms with E-state index >= 15 is 0 Å². The van der Waals surface area contributed by atoms with Crippen LogP contribution in [0.15, 0.2) is 18.2 Å². The van der Waals surface area contributed by atoms with Gasteiger partial charge in [0, 0.05) is 11.8 Å². The zero-order valence-corrected chi connectivity index (χ0v) is 8.84. The molecule has 0 aromatic heterocycles. The lowest BCUT2D eigenvalue weighted by atomic mass is 10.1. The van der Waals surface area contributed by atoms with Gasteiger partial charge in [-0.15, -0.1) is 0 Å². The molecule has 0 aliphatic carbocycles. The molecule has 1 unspecified atom stereocenters. The maximum atomic E-state index is 5.52. The summed E-state index contributed by atoms with van der Waals surface area (Å²) in [5.74, 6) is 0.904. The van der Waals surface area contributed by atoms with Gasteiger partial charge < -0.3 is 10.5 Å². The molecule has 1 aromatic carbocycles. The first-order chi connectivity index (χ1) is 6.19. The van der Waals surface area contributed by atoms with E-state index in [0.717, 1.165) is 16.9 Å². The molecule has 0 radical (unpaired) electrons. The van der Waals surface area contributed by atoms with Crippen LogP contribution in [-0.4, -0.2) is 13.7 Å². The standard InChI is InChI=1S/C10H15NOS/c1-7-5-8(10(13)6-11)3-4-9(7)12-2/h3-5,10,13H,6,11H2,1-2H3. The molecule has 0 aliphatic heterocycles. The summed E-state index contributed by atoms with van der Waals surface area (Å²) in [4.78, 5) is 0. The van der Waals surface area contributed by atoms with E-state index in [9.17, 15) is 0 Å². The fourth-order valence-corrected chi connectivity index (χ4v) is 1.41. The molecule has 0 spiro atoms. The van der Waals surface area contributed by atoms with Crippen LogP contribution in [0, 0.1) is 6.92 Å². The molecule has 1 atom stereocenters. The third-order valence-electron chi connectivity index (χ3n) is 2.03. The van der Waals surface area contributed by atoms with Crippen molar-refractivity contribution in [2.75, 3.05) is 13.7 Å². The van der Waals surface area contributed by atoms with Crippen LogP contribution in [0.3, 0.4) is 0 Å². The Labute approximate surface area is 84.5 Å². The molecular formula is C10H15NOS. The van der Waals surface area contributed by atoms with E-state index < -0.39 is 0 Å². The van der Waals surface area contributed by atoms with Gasteiger partial charge >= 0.3 is 0 Å². The van der Waals surface area contributed by atoms with Gasteiger partial charge in [0.2, 0.25) is 0 Å². The molecular weight excluding hydrogens is 182 g/mol. The Morgan fingerprint density at radius 1 is 1.54 bits per heavy atom. The Balaban J connectivity index is 2.95. The first-order valence-electron chi connectivity index (χ1n) is 4.21. The minimum absolute atomic E-state index is 0.115. The first kappa shape index (κ1) is 10.4. The Bertz CT molecular complexity index is 288. The average Bonchev–Trinajstić information content (AvgIpc) is 2.16. The quantitative estimate of drug-likeness (QED) is 0.726. The van der Waals surface area contributed by atoms with Gasteiger partial charge in [-0.3, -0.25) is 0 Å². The minimum atomic E-state index is 0.115. The van der Waals surface area contributed by atoms with E-state index in [-0.39, 0.29) is 5.25 Å². The zero-order chi connectivity index (χ0) is 9.84. The Hall–Kier alpha value is -0.670. The predicted octanol–water partition coefficient (Wildman–Crippen LogP) is 1.93. The highest BCUT2D eigenvalue weighted by Crippen LogP contribution is 2.24. The SMILES string of the molecule is COc1ccc(C(S)CN)cc1C. The highest BCUT2D eigenvalue weighted by molar-refractivity contribution is 7.80. The highest BCUT2D eigenvalue weighted by Gasteiger charge is 2.05.